The number of hydrogen-bond acceptors (Lipinski definition) is 6. The number of aromatic nitrogens is 2. The third-order valence-corrected chi connectivity index (χ3v) is 6.23. The lowest BCUT2D eigenvalue weighted by Gasteiger charge is -2.30. The molecule has 3 aromatic rings. The molecule has 0 spiro atoms. The average molecular weight is 502 g/mol. The Kier molecular flexibility index (Phi) is 9.98. The molecule has 2 atom stereocenters. The highest BCUT2D eigenvalue weighted by Crippen LogP contribution is 2.33. The Hall–Kier alpha value is -2.58. The van der Waals surface area contributed by atoms with E-state index in [0.29, 0.717) is 43.0 Å². The predicted octanol–water partition coefficient (Wildman–Crippen LogP) is 5.63. The van der Waals surface area contributed by atoms with Gasteiger partial charge in [-0.2, -0.15) is 5.10 Å². The van der Waals surface area contributed by atoms with Crippen molar-refractivity contribution in [3.63, 3.8) is 0 Å². The molecule has 7 nitrogen and oxygen atoms in total. The highest BCUT2D eigenvalue weighted by atomic mass is 35.5. The van der Waals surface area contributed by atoms with E-state index < -0.39 is 6.10 Å². The number of aliphatic hydroxyl groups is 1. The Morgan fingerprint density at radius 2 is 1.83 bits per heavy atom. The van der Waals surface area contributed by atoms with E-state index in [1.54, 1.807) is 11.8 Å². The van der Waals surface area contributed by atoms with Crippen molar-refractivity contribution in [1.29, 1.82) is 0 Å². The Morgan fingerprint density at radius 3 is 2.46 bits per heavy atom. The number of methoxy groups -OCH3 is 1. The average Bonchev–Trinajstić information content (AvgIpc) is 3.16. The van der Waals surface area contributed by atoms with E-state index >= 15 is 0 Å². The number of hydrogen-bond donors (Lipinski definition) is 1. The smallest absolute Gasteiger partial charge is 0.227 e. The van der Waals surface area contributed by atoms with Crippen LogP contribution < -0.4 is 9.47 Å². The van der Waals surface area contributed by atoms with Crippen molar-refractivity contribution < 1.29 is 19.3 Å². The highest BCUT2D eigenvalue weighted by Gasteiger charge is 2.25. The maximum atomic E-state index is 10.6. The quantitative estimate of drug-likeness (QED) is 0.327. The van der Waals surface area contributed by atoms with Gasteiger partial charge in [0.15, 0.2) is 0 Å². The Bertz CT molecular complexity index is 1070. The van der Waals surface area contributed by atoms with Gasteiger partial charge in [0, 0.05) is 30.8 Å². The summed E-state index contributed by atoms with van der Waals surface area (Å²) in [5.74, 6) is 2.03. The zero-order valence-electron chi connectivity index (χ0n) is 21.2. The molecule has 35 heavy (non-hydrogen) atoms. The molecule has 0 radical (unpaired) electrons. The summed E-state index contributed by atoms with van der Waals surface area (Å²) in [4.78, 5) is 2.25. The fourth-order valence-corrected chi connectivity index (χ4v) is 3.99. The second-order valence-corrected chi connectivity index (χ2v) is 8.97. The van der Waals surface area contributed by atoms with Gasteiger partial charge in [0.05, 0.1) is 36.8 Å². The molecular weight excluding hydrogens is 466 g/mol. The Morgan fingerprint density at radius 1 is 1.11 bits per heavy atom. The summed E-state index contributed by atoms with van der Waals surface area (Å²) in [7, 11) is 1.63. The molecule has 0 aliphatic rings. The number of aryl methyl sites for hydroxylation is 1. The monoisotopic (exact) mass is 501 g/mol. The summed E-state index contributed by atoms with van der Waals surface area (Å²) in [5, 5.41) is 16.0. The number of rotatable bonds is 13. The predicted molar refractivity (Wildman–Crippen MR) is 139 cm³/mol. The van der Waals surface area contributed by atoms with E-state index in [1.165, 1.54) is 0 Å². The maximum Gasteiger partial charge on any atom is 0.227 e. The van der Waals surface area contributed by atoms with Crippen LogP contribution in [0.25, 0.3) is 5.69 Å². The van der Waals surface area contributed by atoms with Crippen LogP contribution in [0, 0.1) is 6.92 Å². The van der Waals surface area contributed by atoms with Crippen molar-refractivity contribution in [2.75, 3.05) is 26.9 Å². The van der Waals surface area contributed by atoms with Crippen molar-refractivity contribution in [3.8, 4) is 23.1 Å². The lowest BCUT2D eigenvalue weighted by Crippen LogP contribution is -2.40. The van der Waals surface area contributed by atoms with Crippen molar-refractivity contribution in [1.82, 2.24) is 14.7 Å². The zero-order valence-corrected chi connectivity index (χ0v) is 22.0. The topological polar surface area (TPSA) is 69.0 Å². The van der Waals surface area contributed by atoms with Gasteiger partial charge in [-0.3, -0.25) is 4.90 Å². The van der Waals surface area contributed by atoms with E-state index in [2.05, 4.69) is 18.7 Å². The van der Waals surface area contributed by atoms with Crippen LogP contribution in [0.1, 0.15) is 38.4 Å². The molecule has 0 aliphatic heterocycles. The van der Waals surface area contributed by atoms with Crippen molar-refractivity contribution in [3.05, 3.63) is 64.8 Å². The molecule has 1 heterocycles. The molecule has 0 saturated carbocycles. The lowest BCUT2D eigenvalue weighted by atomic mass is 10.1. The molecule has 0 fully saturated rings. The van der Waals surface area contributed by atoms with Crippen molar-refractivity contribution in [2.24, 2.45) is 0 Å². The number of ether oxygens (including phenoxy) is 3. The number of benzene rings is 2. The SMILES string of the molecule is CCOC[C@H](O)CN(Cc1c(C)nn(-c2cccc(Cl)c2)c1Oc1ccc(OC)cc1)[C@H](C)CC. The lowest BCUT2D eigenvalue weighted by molar-refractivity contribution is 0.0111. The van der Waals surface area contributed by atoms with Gasteiger partial charge in [-0.1, -0.05) is 24.6 Å². The second-order valence-electron chi connectivity index (χ2n) is 8.54. The third kappa shape index (κ3) is 7.21. The number of aliphatic hydroxyl groups excluding tert-OH is 1. The minimum Gasteiger partial charge on any atom is -0.497 e. The molecule has 3 rings (SSSR count). The van der Waals surface area contributed by atoms with Crippen LogP contribution >= 0.6 is 11.6 Å². The summed E-state index contributed by atoms with van der Waals surface area (Å²) < 4.78 is 18.9. The van der Waals surface area contributed by atoms with E-state index in [9.17, 15) is 5.11 Å². The minimum absolute atomic E-state index is 0.244. The Balaban J connectivity index is 2.00. The van der Waals surface area contributed by atoms with E-state index in [1.807, 2.05) is 62.4 Å². The van der Waals surface area contributed by atoms with Crippen LogP contribution in [-0.2, 0) is 11.3 Å². The standard InChI is InChI=1S/C27H36ClN3O4/c1-6-19(3)30(16-23(32)18-34-7-2)17-26-20(4)29-31(22-10-8-9-21(28)15-22)27(26)35-25-13-11-24(33-5)12-14-25/h8-15,19,23,32H,6-7,16-18H2,1-5H3/t19-,23-/m1/s1. The molecular formula is C27H36ClN3O4. The molecule has 8 heteroatoms. The summed E-state index contributed by atoms with van der Waals surface area (Å²) in [6.07, 6.45) is 0.357. The largest absolute Gasteiger partial charge is 0.497 e. The zero-order chi connectivity index (χ0) is 25.4. The highest BCUT2D eigenvalue weighted by molar-refractivity contribution is 6.30. The minimum atomic E-state index is -0.585. The summed E-state index contributed by atoms with van der Waals surface area (Å²) >= 11 is 6.29. The summed E-state index contributed by atoms with van der Waals surface area (Å²) in [5.41, 5.74) is 2.60. The van der Waals surface area contributed by atoms with Gasteiger partial charge in [-0.15, -0.1) is 0 Å². The van der Waals surface area contributed by atoms with Crippen LogP contribution in [-0.4, -0.2) is 58.8 Å². The number of nitrogens with zero attached hydrogens (tertiary/aromatic N) is 3. The normalized spacial score (nSPS) is 13.1. The van der Waals surface area contributed by atoms with E-state index in [0.717, 1.165) is 29.1 Å². The van der Waals surface area contributed by atoms with Crippen molar-refractivity contribution >= 4 is 11.6 Å². The molecule has 1 N–H and O–H groups in total. The number of halogens is 1. The van der Waals surface area contributed by atoms with Gasteiger partial charge in [0.1, 0.15) is 11.5 Å². The molecule has 0 amide bonds. The van der Waals surface area contributed by atoms with Gasteiger partial charge in [0.2, 0.25) is 5.88 Å². The van der Waals surface area contributed by atoms with E-state index in [4.69, 9.17) is 30.9 Å². The second kappa shape index (κ2) is 12.9. The van der Waals surface area contributed by atoms with Crippen LogP contribution in [0.15, 0.2) is 48.5 Å². The first-order valence-corrected chi connectivity index (χ1v) is 12.4. The Labute approximate surface area is 213 Å². The molecule has 1 aromatic heterocycles. The molecule has 0 saturated heterocycles. The van der Waals surface area contributed by atoms with Crippen LogP contribution in [0.3, 0.4) is 0 Å². The van der Waals surface area contributed by atoms with Gasteiger partial charge < -0.3 is 19.3 Å². The first-order chi connectivity index (χ1) is 16.9. The first-order valence-electron chi connectivity index (χ1n) is 12.0. The fraction of sp³-hybridized carbons (Fsp3) is 0.444. The van der Waals surface area contributed by atoms with Crippen molar-refractivity contribution in [2.45, 2.75) is 52.8 Å². The van der Waals surface area contributed by atoms with Crippen LogP contribution in [0.2, 0.25) is 5.02 Å². The van der Waals surface area contributed by atoms with Crippen LogP contribution in [0.5, 0.6) is 17.4 Å². The molecule has 0 bridgehead atoms. The maximum absolute atomic E-state index is 10.6. The van der Waals surface area contributed by atoms with Gasteiger partial charge in [-0.25, -0.2) is 4.68 Å². The molecule has 2 aromatic carbocycles. The molecule has 0 aliphatic carbocycles. The van der Waals surface area contributed by atoms with Crippen LogP contribution in [0.4, 0.5) is 0 Å². The first kappa shape index (κ1) is 27.0. The fourth-order valence-electron chi connectivity index (χ4n) is 3.80. The molecule has 190 valence electrons. The third-order valence-electron chi connectivity index (χ3n) is 6.00. The molecule has 0 unspecified atom stereocenters. The summed E-state index contributed by atoms with van der Waals surface area (Å²) in [6, 6.07) is 15.2. The van der Waals surface area contributed by atoms with E-state index in [-0.39, 0.29) is 6.04 Å². The summed E-state index contributed by atoms with van der Waals surface area (Å²) in [6.45, 7) is 10.1. The van der Waals surface area contributed by atoms with Gasteiger partial charge in [0.25, 0.3) is 0 Å². The van der Waals surface area contributed by atoms with Gasteiger partial charge >= 0.3 is 0 Å². The van der Waals surface area contributed by atoms with Gasteiger partial charge in [-0.05, 0) is 69.7 Å².